The van der Waals surface area contributed by atoms with Crippen LogP contribution < -0.4 is 4.72 Å². The summed E-state index contributed by atoms with van der Waals surface area (Å²) in [5, 5.41) is 4.36. The van der Waals surface area contributed by atoms with E-state index in [0.717, 1.165) is 31.7 Å². The first-order valence-corrected chi connectivity index (χ1v) is 11.0. The van der Waals surface area contributed by atoms with Crippen LogP contribution in [-0.4, -0.2) is 58.0 Å². The molecule has 1 fully saturated rings. The van der Waals surface area contributed by atoms with Crippen LogP contribution in [0.5, 0.6) is 0 Å². The van der Waals surface area contributed by atoms with Crippen molar-refractivity contribution in [3.05, 3.63) is 51.7 Å². The lowest BCUT2D eigenvalue weighted by atomic mass is 10.1. The number of hydrogen-bond acceptors (Lipinski definition) is 5. The third-order valence-electron chi connectivity index (χ3n) is 4.50. The quantitative estimate of drug-likeness (QED) is 0.811. The van der Waals surface area contributed by atoms with Crippen molar-refractivity contribution in [2.75, 3.05) is 39.8 Å². The SMILES string of the molecule is CN1CCN(C(CNS(=O)(=O)c2ccccc2Cl)c2ccsc2)CC1. The Hall–Kier alpha value is -0.960. The van der Waals surface area contributed by atoms with E-state index in [1.807, 2.05) is 5.38 Å². The molecule has 1 N–H and O–H groups in total. The summed E-state index contributed by atoms with van der Waals surface area (Å²) in [7, 11) is -1.53. The molecule has 1 aliphatic heterocycles. The fourth-order valence-electron chi connectivity index (χ4n) is 2.99. The molecule has 1 atom stereocenters. The van der Waals surface area contributed by atoms with E-state index in [1.54, 1.807) is 29.5 Å². The number of nitrogens with one attached hydrogen (secondary N) is 1. The van der Waals surface area contributed by atoms with Crippen molar-refractivity contribution in [1.82, 2.24) is 14.5 Å². The zero-order valence-electron chi connectivity index (χ0n) is 14.1. The Balaban J connectivity index is 1.76. The van der Waals surface area contributed by atoms with Crippen LogP contribution in [0, 0.1) is 0 Å². The minimum atomic E-state index is -3.64. The lowest BCUT2D eigenvalue weighted by molar-refractivity contribution is 0.113. The van der Waals surface area contributed by atoms with E-state index >= 15 is 0 Å². The molecular weight excluding hydrogens is 378 g/mol. The minimum Gasteiger partial charge on any atom is -0.304 e. The molecule has 1 aromatic carbocycles. The van der Waals surface area contributed by atoms with Crippen LogP contribution in [0.15, 0.2) is 46.0 Å². The van der Waals surface area contributed by atoms with E-state index in [-0.39, 0.29) is 16.0 Å². The lowest BCUT2D eigenvalue weighted by Gasteiger charge is -2.37. The molecule has 1 unspecified atom stereocenters. The summed E-state index contributed by atoms with van der Waals surface area (Å²) >= 11 is 7.68. The number of rotatable bonds is 6. The predicted octanol–water partition coefficient (Wildman–Crippen LogP) is 2.67. The van der Waals surface area contributed by atoms with Crippen LogP contribution in [0.4, 0.5) is 0 Å². The molecule has 0 radical (unpaired) electrons. The number of thiophene rings is 1. The van der Waals surface area contributed by atoms with Gasteiger partial charge in [0.15, 0.2) is 0 Å². The van der Waals surface area contributed by atoms with E-state index in [4.69, 9.17) is 11.6 Å². The summed E-state index contributed by atoms with van der Waals surface area (Å²) in [6.45, 7) is 4.14. The second-order valence-electron chi connectivity index (χ2n) is 6.19. The number of halogens is 1. The van der Waals surface area contributed by atoms with Crippen LogP contribution >= 0.6 is 22.9 Å². The predicted molar refractivity (Wildman–Crippen MR) is 103 cm³/mol. The van der Waals surface area contributed by atoms with Crippen LogP contribution in [-0.2, 0) is 10.0 Å². The fraction of sp³-hybridized carbons (Fsp3) is 0.412. The highest BCUT2D eigenvalue weighted by molar-refractivity contribution is 7.89. The molecule has 8 heteroatoms. The maximum Gasteiger partial charge on any atom is 0.242 e. The minimum absolute atomic E-state index is 0.0252. The summed E-state index contributed by atoms with van der Waals surface area (Å²) in [4.78, 5) is 4.76. The maximum atomic E-state index is 12.6. The Bertz CT molecular complexity index is 788. The van der Waals surface area contributed by atoms with Gasteiger partial charge in [-0.25, -0.2) is 13.1 Å². The van der Waals surface area contributed by atoms with Gasteiger partial charge < -0.3 is 4.90 Å². The van der Waals surface area contributed by atoms with Crippen LogP contribution in [0.2, 0.25) is 5.02 Å². The normalized spacial score (nSPS) is 18.3. The van der Waals surface area contributed by atoms with E-state index in [2.05, 4.69) is 33.0 Å². The van der Waals surface area contributed by atoms with Crippen molar-refractivity contribution < 1.29 is 8.42 Å². The molecule has 3 rings (SSSR count). The Morgan fingerprint density at radius 3 is 2.56 bits per heavy atom. The molecule has 2 heterocycles. The van der Waals surface area contributed by atoms with Crippen molar-refractivity contribution in [3.63, 3.8) is 0 Å². The summed E-state index contributed by atoms with van der Waals surface area (Å²) < 4.78 is 28.0. The third kappa shape index (κ3) is 4.61. The summed E-state index contributed by atoms with van der Waals surface area (Å²) in [5.41, 5.74) is 1.15. The third-order valence-corrected chi connectivity index (χ3v) is 7.12. The number of benzene rings is 1. The smallest absolute Gasteiger partial charge is 0.242 e. The first kappa shape index (κ1) is 18.8. The fourth-order valence-corrected chi connectivity index (χ4v) is 5.25. The second kappa shape index (κ2) is 8.16. The molecule has 136 valence electrons. The summed E-state index contributed by atoms with van der Waals surface area (Å²) in [5.74, 6) is 0. The average molecular weight is 400 g/mol. The van der Waals surface area contributed by atoms with Crippen LogP contribution in [0.25, 0.3) is 0 Å². The van der Waals surface area contributed by atoms with Gasteiger partial charge in [-0.2, -0.15) is 11.3 Å². The Morgan fingerprint density at radius 2 is 1.92 bits per heavy atom. The molecule has 5 nitrogen and oxygen atoms in total. The van der Waals surface area contributed by atoms with Gasteiger partial charge in [0.25, 0.3) is 0 Å². The van der Waals surface area contributed by atoms with Crippen LogP contribution in [0.3, 0.4) is 0 Å². The molecule has 0 saturated carbocycles. The van der Waals surface area contributed by atoms with Gasteiger partial charge in [0, 0.05) is 38.8 Å². The van der Waals surface area contributed by atoms with Gasteiger partial charge >= 0.3 is 0 Å². The van der Waals surface area contributed by atoms with Gasteiger partial charge in [0.2, 0.25) is 10.0 Å². The van der Waals surface area contributed by atoms with E-state index < -0.39 is 10.0 Å². The number of sulfonamides is 1. The Kier molecular flexibility index (Phi) is 6.14. The lowest BCUT2D eigenvalue weighted by Crippen LogP contribution is -2.48. The first-order chi connectivity index (χ1) is 12.0. The van der Waals surface area contributed by atoms with Crippen molar-refractivity contribution in [2.24, 2.45) is 0 Å². The maximum absolute atomic E-state index is 12.6. The highest BCUT2D eigenvalue weighted by Gasteiger charge is 2.26. The van der Waals surface area contributed by atoms with Gasteiger partial charge in [-0.1, -0.05) is 23.7 Å². The molecule has 1 aromatic heterocycles. The van der Waals surface area contributed by atoms with Crippen LogP contribution in [0.1, 0.15) is 11.6 Å². The van der Waals surface area contributed by atoms with Gasteiger partial charge in [0.05, 0.1) is 5.02 Å². The van der Waals surface area contributed by atoms with Gasteiger partial charge in [-0.05, 0) is 41.6 Å². The molecule has 0 spiro atoms. The Labute approximate surface area is 158 Å². The summed E-state index contributed by atoms with van der Waals surface area (Å²) in [6, 6.07) is 8.61. The molecule has 0 aliphatic carbocycles. The average Bonchev–Trinajstić information content (AvgIpc) is 3.11. The zero-order valence-corrected chi connectivity index (χ0v) is 16.4. The van der Waals surface area contributed by atoms with E-state index in [0.29, 0.717) is 6.54 Å². The molecular formula is C17H22ClN3O2S2. The molecule has 25 heavy (non-hydrogen) atoms. The zero-order chi connectivity index (χ0) is 17.9. The van der Waals surface area contributed by atoms with Gasteiger partial charge in [-0.3, -0.25) is 4.90 Å². The number of likely N-dealkylation sites (N-methyl/N-ethyl adjacent to an activating group) is 1. The summed E-state index contributed by atoms with van der Waals surface area (Å²) in [6.07, 6.45) is 0. The van der Waals surface area contributed by atoms with Crippen molar-refractivity contribution in [1.29, 1.82) is 0 Å². The van der Waals surface area contributed by atoms with E-state index in [1.165, 1.54) is 6.07 Å². The molecule has 0 amide bonds. The number of hydrogen-bond donors (Lipinski definition) is 1. The highest BCUT2D eigenvalue weighted by Crippen LogP contribution is 2.25. The van der Waals surface area contributed by atoms with Crippen molar-refractivity contribution >= 4 is 33.0 Å². The van der Waals surface area contributed by atoms with Crippen molar-refractivity contribution in [2.45, 2.75) is 10.9 Å². The number of piperazine rings is 1. The largest absolute Gasteiger partial charge is 0.304 e. The number of nitrogens with zero attached hydrogens (tertiary/aromatic N) is 2. The first-order valence-electron chi connectivity index (χ1n) is 8.16. The Morgan fingerprint density at radius 1 is 1.20 bits per heavy atom. The molecule has 1 saturated heterocycles. The van der Waals surface area contributed by atoms with E-state index in [9.17, 15) is 8.42 Å². The topological polar surface area (TPSA) is 52.6 Å². The highest BCUT2D eigenvalue weighted by atomic mass is 35.5. The van der Waals surface area contributed by atoms with Gasteiger partial charge in [-0.15, -0.1) is 0 Å². The molecule has 1 aliphatic rings. The van der Waals surface area contributed by atoms with Crippen molar-refractivity contribution in [3.8, 4) is 0 Å². The molecule has 2 aromatic rings. The standard InChI is InChI=1S/C17H22ClN3O2S2/c1-20-7-9-21(10-8-20)16(14-6-11-24-13-14)12-19-25(22,23)17-5-3-2-4-15(17)18/h2-6,11,13,16,19H,7-10,12H2,1H3. The molecule has 0 bridgehead atoms. The second-order valence-corrected chi connectivity index (χ2v) is 9.12. The van der Waals surface area contributed by atoms with Gasteiger partial charge in [0.1, 0.15) is 4.90 Å². The monoisotopic (exact) mass is 399 g/mol.